The molecule has 0 saturated heterocycles. The van der Waals surface area contributed by atoms with E-state index in [1.165, 1.54) is 6.20 Å². The highest BCUT2D eigenvalue weighted by molar-refractivity contribution is 5.75. The highest BCUT2D eigenvalue weighted by Crippen LogP contribution is 2.20. The molecule has 1 aromatic rings. The molecule has 0 aliphatic rings. The third-order valence-corrected chi connectivity index (χ3v) is 1.16. The number of nitrogen functional groups attached to an aromatic ring is 3. The number of rotatable bonds is 1. The number of nitrogens with two attached hydrogens (primary N) is 3. The Morgan fingerprint density at radius 1 is 1.40 bits per heavy atom. The molecule has 0 aliphatic heterocycles. The number of aromatic nitrogens is 1. The van der Waals surface area contributed by atoms with E-state index in [1.54, 1.807) is 6.07 Å². The van der Waals surface area contributed by atoms with Gasteiger partial charge in [-0.2, -0.15) is 0 Å². The minimum Gasteiger partial charge on any atom is -0.397 e. The summed E-state index contributed by atoms with van der Waals surface area (Å²) in [6, 6.07) is 1.62. The molecule has 0 bridgehead atoms. The van der Waals surface area contributed by atoms with Crippen LogP contribution in [0.1, 0.15) is 0 Å². The van der Waals surface area contributed by atoms with Crippen molar-refractivity contribution in [3.63, 3.8) is 0 Å². The van der Waals surface area contributed by atoms with Crippen LogP contribution in [0, 0.1) is 0 Å². The monoisotopic (exact) mass is 139 g/mol. The van der Waals surface area contributed by atoms with Gasteiger partial charge in [-0.05, 0) is 6.07 Å². The summed E-state index contributed by atoms with van der Waals surface area (Å²) in [4.78, 5) is 3.77. The fourth-order valence-corrected chi connectivity index (χ4v) is 0.651. The second-order valence-corrected chi connectivity index (χ2v) is 1.80. The number of hydrogen-bond acceptors (Lipinski definition) is 5. The van der Waals surface area contributed by atoms with E-state index in [1.807, 2.05) is 0 Å². The maximum absolute atomic E-state index is 5.47. The number of anilines is 3. The molecule has 1 aromatic heterocycles. The van der Waals surface area contributed by atoms with Gasteiger partial charge in [0.25, 0.3) is 0 Å². The Kier molecular flexibility index (Phi) is 1.59. The summed E-state index contributed by atoms with van der Waals surface area (Å²) in [5.74, 6) is 5.41. The van der Waals surface area contributed by atoms with Crippen LogP contribution >= 0.6 is 0 Å². The Labute approximate surface area is 58.2 Å². The SMILES string of the molecule is NNc1c(N)ccnc1N. The Bertz CT molecular complexity index is 213. The maximum atomic E-state index is 5.47. The zero-order valence-electron chi connectivity index (χ0n) is 5.33. The molecular weight excluding hydrogens is 130 g/mol. The Hall–Kier alpha value is -1.49. The van der Waals surface area contributed by atoms with Crippen molar-refractivity contribution in [2.45, 2.75) is 0 Å². The predicted molar refractivity (Wildman–Crippen MR) is 40.9 cm³/mol. The van der Waals surface area contributed by atoms with Crippen molar-refractivity contribution in [3.05, 3.63) is 12.3 Å². The van der Waals surface area contributed by atoms with Crippen LogP contribution in [0.3, 0.4) is 0 Å². The third kappa shape index (κ3) is 0.939. The molecule has 0 spiro atoms. The van der Waals surface area contributed by atoms with Gasteiger partial charge in [0.15, 0.2) is 0 Å². The Morgan fingerprint density at radius 3 is 2.50 bits per heavy atom. The van der Waals surface area contributed by atoms with Crippen molar-refractivity contribution in [2.24, 2.45) is 5.84 Å². The van der Waals surface area contributed by atoms with Gasteiger partial charge in [0.05, 0.1) is 5.69 Å². The first-order chi connectivity index (χ1) is 4.75. The normalized spacial score (nSPS) is 9.30. The number of nitrogens with one attached hydrogen (secondary N) is 1. The lowest BCUT2D eigenvalue weighted by Gasteiger charge is -2.04. The zero-order chi connectivity index (χ0) is 7.56. The molecule has 0 aromatic carbocycles. The average molecular weight is 139 g/mol. The summed E-state index contributed by atoms with van der Waals surface area (Å²) < 4.78 is 0. The van der Waals surface area contributed by atoms with E-state index in [2.05, 4.69) is 10.4 Å². The topological polar surface area (TPSA) is 103 Å². The van der Waals surface area contributed by atoms with Gasteiger partial charge in [0, 0.05) is 6.20 Å². The summed E-state index contributed by atoms with van der Waals surface area (Å²) in [5.41, 5.74) is 14.2. The first-order valence-electron chi connectivity index (χ1n) is 2.72. The molecule has 1 rings (SSSR count). The maximum Gasteiger partial charge on any atom is 0.150 e. The van der Waals surface area contributed by atoms with Crippen LogP contribution in [-0.2, 0) is 0 Å². The molecule has 5 heteroatoms. The smallest absolute Gasteiger partial charge is 0.150 e. The molecule has 0 fully saturated rings. The molecule has 0 amide bonds. The first-order valence-corrected chi connectivity index (χ1v) is 2.72. The lowest BCUT2D eigenvalue weighted by molar-refractivity contribution is 1.28. The van der Waals surface area contributed by atoms with Crippen LogP contribution in [0.15, 0.2) is 12.3 Å². The molecule has 0 unspecified atom stereocenters. The van der Waals surface area contributed by atoms with Gasteiger partial charge in [0.1, 0.15) is 11.5 Å². The number of nitrogens with zero attached hydrogens (tertiary/aromatic N) is 1. The first kappa shape index (κ1) is 6.63. The highest BCUT2D eigenvalue weighted by atomic mass is 15.2. The molecule has 0 radical (unpaired) electrons. The van der Waals surface area contributed by atoms with E-state index in [9.17, 15) is 0 Å². The standard InChI is InChI=1S/C5H9N5/c6-3-1-2-9-5(7)4(3)10-8/h1-2,10H,8H2,(H4,6,7,9). The highest BCUT2D eigenvalue weighted by Gasteiger charge is 1.99. The Balaban J connectivity index is 3.17. The van der Waals surface area contributed by atoms with E-state index >= 15 is 0 Å². The van der Waals surface area contributed by atoms with Crippen LogP contribution in [0.5, 0.6) is 0 Å². The van der Waals surface area contributed by atoms with Gasteiger partial charge in [-0.15, -0.1) is 0 Å². The van der Waals surface area contributed by atoms with Gasteiger partial charge < -0.3 is 16.9 Å². The van der Waals surface area contributed by atoms with Gasteiger partial charge >= 0.3 is 0 Å². The molecule has 0 saturated carbocycles. The molecule has 0 atom stereocenters. The van der Waals surface area contributed by atoms with Gasteiger partial charge in [-0.3, -0.25) is 5.84 Å². The number of pyridine rings is 1. The van der Waals surface area contributed by atoms with E-state index < -0.39 is 0 Å². The summed E-state index contributed by atoms with van der Waals surface area (Å²) in [5, 5.41) is 0. The van der Waals surface area contributed by atoms with Crippen LogP contribution in [0.2, 0.25) is 0 Å². The number of hydrogen-bond donors (Lipinski definition) is 4. The summed E-state index contributed by atoms with van der Waals surface area (Å²) in [6.45, 7) is 0. The van der Waals surface area contributed by atoms with Crippen LogP contribution < -0.4 is 22.7 Å². The zero-order valence-corrected chi connectivity index (χ0v) is 5.33. The summed E-state index contributed by atoms with van der Waals surface area (Å²) in [7, 11) is 0. The second-order valence-electron chi connectivity index (χ2n) is 1.80. The summed E-state index contributed by atoms with van der Waals surface area (Å²) in [6.07, 6.45) is 1.52. The molecule has 54 valence electrons. The quantitative estimate of drug-likeness (QED) is 0.311. The average Bonchev–Trinajstić information content (AvgIpc) is 1.88. The number of hydrazine groups is 1. The van der Waals surface area contributed by atoms with Gasteiger partial charge in [-0.25, -0.2) is 4.98 Å². The van der Waals surface area contributed by atoms with Crippen molar-refractivity contribution in [2.75, 3.05) is 16.9 Å². The minimum absolute atomic E-state index is 0.308. The lowest BCUT2D eigenvalue weighted by atomic mass is 10.3. The molecule has 10 heavy (non-hydrogen) atoms. The van der Waals surface area contributed by atoms with Gasteiger partial charge in [-0.1, -0.05) is 0 Å². The molecule has 1 heterocycles. The van der Waals surface area contributed by atoms with Crippen LogP contribution in [-0.4, -0.2) is 4.98 Å². The van der Waals surface area contributed by atoms with Crippen molar-refractivity contribution in [3.8, 4) is 0 Å². The van der Waals surface area contributed by atoms with Gasteiger partial charge in [0.2, 0.25) is 0 Å². The lowest BCUT2D eigenvalue weighted by Crippen LogP contribution is -2.12. The summed E-state index contributed by atoms with van der Waals surface area (Å²) >= 11 is 0. The van der Waals surface area contributed by atoms with E-state index in [4.69, 9.17) is 17.3 Å². The largest absolute Gasteiger partial charge is 0.397 e. The van der Waals surface area contributed by atoms with Crippen molar-refractivity contribution < 1.29 is 0 Å². The molecule has 5 nitrogen and oxygen atoms in total. The van der Waals surface area contributed by atoms with E-state index in [0.29, 0.717) is 17.2 Å². The predicted octanol–water partition coefficient (Wildman–Crippen LogP) is -0.468. The van der Waals surface area contributed by atoms with Crippen molar-refractivity contribution in [1.29, 1.82) is 0 Å². The van der Waals surface area contributed by atoms with E-state index in [-0.39, 0.29) is 0 Å². The molecule has 0 aliphatic carbocycles. The van der Waals surface area contributed by atoms with Crippen LogP contribution in [0.4, 0.5) is 17.2 Å². The molecular formula is C5H9N5. The third-order valence-electron chi connectivity index (χ3n) is 1.16. The van der Waals surface area contributed by atoms with E-state index in [0.717, 1.165) is 0 Å². The second kappa shape index (κ2) is 2.40. The van der Waals surface area contributed by atoms with Crippen molar-refractivity contribution >= 4 is 17.2 Å². The fraction of sp³-hybridized carbons (Fsp3) is 0. The van der Waals surface area contributed by atoms with Crippen molar-refractivity contribution in [1.82, 2.24) is 4.98 Å². The fourth-order valence-electron chi connectivity index (χ4n) is 0.651. The minimum atomic E-state index is 0.308. The molecule has 7 N–H and O–H groups in total. The Morgan fingerprint density at radius 2 is 2.10 bits per heavy atom. The van der Waals surface area contributed by atoms with Crippen LogP contribution in [0.25, 0.3) is 0 Å².